The summed E-state index contributed by atoms with van der Waals surface area (Å²) in [4.78, 5) is 53.6. The van der Waals surface area contributed by atoms with Crippen LogP contribution in [0.15, 0.2) is 0 Å². The van der Waals surface area contributed by atoms with Crippen LogP contribution in [0.3, 0.4) is 0 Å². The van der Waals surface area contributed by atoms with Crippen LogP contribution in [0.4, 0.5) is 0 Å². The number of carboxylic acid groups (broad SMARTS) is 6. The Bertz CT molecular complexity index is 281. The predicted octanol–water partition coefficient (Wildman–Crippen LogP) is -10.5. The van der Waals surface area contributed by atoms with E-state index >= 15 is 0 Å². The maximum atomic E-state index is 8.93. The van der Waals surface area contributed by atoms with E-state index in [9.17, 15) is 0 Å². The Labute approximate surface area is 170 Å². The maximum absolute atomic E-state index is 8.93. The van der Waals surface area contributed by atoms with E-state index in [0.29, 0.717) is 0 Å². The van der Waals surface area contributed by atoms with Gasteiger partial charge in [-0.2, -0.15) is 0 Å². The van der Waals surface area contributed by atoms with Crippen LogP contribution in [0.25, 0.3) is 0 Å². The first-order chi connectivity index (χ1) is 7.93. The molecule has 0 aliphatic heterocycles. The van der Waals surface area contributed by atoms with Crippen LogP contribution >= 0.6 is 0 Å². The molecular weight excluding hydrogens is 582 g/mol. The van der Waals surface area contributed by atoms with Gasteiger partial charge in [-0.3, -0.25) is 0 Å². The first kappa shape index (κ1) is 31.7. The van der Waals surface area contributed by atoms with E-state index in [1.54, 1.807) is 0 Å². The van der Waals surface area contributed by atoms with Gasteiger partial charge in [-0.25, -0.2) is 0 Å². The second-order valence-corrected chi connectivity index (χ2v) is 1.72. The minimum atomic E-state index is -2.19. The summed E-state index contributed by atoms with van der Waals surface area (Å²) in [7, 11) is 0. The van der Waals surface area contributed by atoms with Gasteiger partial charge in [0.2, 0.25) is 0 Å². The standard InChI is InChI=1S/3C2H2O4.2Tb/c3*3-1(4)2(5)6;;/h3*(H,3,4)(H,5,6);;/q;;;2*+3/p-6. The predicted molar refractivity (Wildman–Crippen MR) is 30.0 cm³/mol. The number of carboxylic acids is 6. The van der Waals surface area contributed by atoms with Crippen LogP contribution in [0.5, 0.6) is 0 Å². The molecule has 0 rings (SSSR count). The van der Waals surface area contributed by atoms with E-state index in [1.807, 2.05) is 0 Å². The molecule has 14 heteroatoms. The van der Waals surface area contributed by atoms with Crippen molar-refractivity contribution >= 4 is 35.8 Å². The van der Waals surface area contributed by atoms with Gasteiger partial charge in [0.15, 0.2) is 0 Å². The van der Waals surface area contributed by atoms with Crippen LogP contribution in [0.1, 0.15) is 0 Å². The SMILES string of the molecule is O=C([O-])C(=O)[O-].O=C([O-])C(=O)[O-].O=C([O-])C(=O)[O-].[Tb+3].[Tb+3]. The summed E-state index contributed by atoms with van der Waals surface area (Å²) in [5.74, 6) is -13.1. The smallest absolute Gasteiger partial charge is 0.543 e. The molecule has 0 saturated heterocycles. The molecule has 114 valence electrons. The normalized spacial score (nSPS) is 6.60. The average molecular weight is 582 g/mol. The molecule has 0 saturated carbocycles. The Morgan fingerprint density at radius 2 is 0.400 bits per heavy atom. The molecule has 0 aliphatic carbocycles. The van der Waals surface area contributed by atoms with E-state index in [0.717, 1.165) is 0 Å². The van der Waals surface area contributed by atoms with Gasteiger partial charge in [-0.1, -0.05) is 0 Å². The van der Waals surface area contributed by atoms with Gasteiger partial charge >= 0.3 is 77.2 Å². The van der Waals surface area contributed by atoms with Crippen molar-refractivity contribution < 1.29 is 137 Å². The van der Waals surface area contributed by atoms with Crippen LogP contribution in [0.2, 0.25) is 0 Å². The van der Waals surface area contributed by atoms with Crippen LogP contribution in [-0.4, -0.2) is 35.8 Å². The van der Waals surface area contributed by atoms with Crippen LogP contribution in [-0.2, 0) is 28.8 Å². The summed E-state index contributed by atoms with van der Waals surface area (Å²) in [6.07, 6.45) is 0. The second kappa shape index (κ2) is 18.4. The van der Waals surface area contributed by atoms with Crippen molar-refractivity contribution in [1.29, 1.82) is 0 Å². The number of hydrogen-bond acceptors (Lipinski definition) is 12. The number of aliphatic carboxylic acids is 6. The summed E-state index contributed by atoms with van der Waals surface area (Å²) >= 11 is 0. The van der Waals surface area contributed by atoms with Crippen molar-refractivity contribution in [1.82, 2.24) is 0 Å². The van der Waals surface area contributed by atoms with Gasteiger partial charge in [0.25, 0.3) is 0 Å². The van der Waals surface area contributed by atoms with Gasteiger partial charge in [0.1, 0.15) is 0 Å². The summed E-state index contributed by atoms with van der Waals surface area (Å²) in [5, 5.41) is 53.6. The van der Waals surface area contributed by atoms with E-state index in [2.05, 4.69) is 0 Å². The third-order valence-electron chi connectivity index (χ3n) is 0.500. The Hall–Kier alpha value is -0.609. The van der Waals surface area contributed by atoms with Gasteiger partial charge in [-0.15, -0.1) is 0 Å². The van der Waals surface area contributed by atoms with Gasteiger partial charge in [-0.05, 0) is 0 Å². The molecule has 0 unspecified atom stereocenters. The van der Waals surface area contributed by atoms with Crippen LogP contribution in [0, 0.1) is 77.2 Å². The molecule has 0 heterocycles. The summed E-state index contributed by atoms with van der Waals surface area (Å²) in [5.41, 5.74) is 0. The van der Waals surface area contributed by atoms with E-state index in [1.165, 1.54) is 0 Å². The average Bonchev–Trinajstić information content (AvgIpc) is 2.18. The number of rotatable bonds is 0. The van der Waals surface area contributed by atoms with Gasteiger partial charge in [0, 0.05) is 0 Å². The first-order valence-corrected chi connectivity index (χ1v) is 3.20. The van der Waals surface area contributed by atoms with Crippen molar-refractivity contribution in [2.24, 2.45) is 0 Å². The molecule has 0 aromatic heterocycles. The third kappa shape index (κ3) is 36.0. The van der Waals surface area contributed by atoms with Crippen LogP contribution < -0.4 is 30.6 Å². The zero-order chi connectivity index (χ0) is 15.5. The zero-order valence-electron chi connectivity index (χ0n) is 8.57. The molecule has 0 spiro atoms. The van der Waals surface area contributed by atoms with Crippen molar-refractivity contribution in [2.45, 2.75) is 0 Å². The third-order valence-corrected chi connectivity index (χ3v) is 0.500. The molecule has 0 aliphatic rings. The molecule has 0 radical (unpaired) electrons. The Kier molecular flexibility index (Phi) is 29.1. The fourth-order valence-electron chi connectivity index (χ4n) is 0. The quantitative estimate of drug-likeness (QED) is 0.242. The molecule has 0 bridgehead atoms. The topological polar surface area (TPSA) is 241 Å². The molecular formula is C6O12Tb2. The Morgan fingerprint density at radius 1 is 0.350 bits per heavy atom. The van der Waals surface area contributed by atoms with Crippen molar-refractivity contribution in [3.63, 3.8) is 0 Å². The minimum Gasteiger partial charge on any atom is -0.543 e. The number of hydrogen-bond donors (Lipinski definition) is 0. The molecule has 0 amide bonds. The van der Waals surface area contributed by atoms with E-state index in [4.69, 9.17) is 59.4 Å². The Morgan fingerprint density at radius 3 is 0.400 bits per heavy atom. The molecule has 0 N–H and O–H groups in total. The number of carbonyl (C=O) groups excluding carboxylic acids is 6. The van der Waals surface area contributed by atoms with Gasteiger partial charge < -0.3 is 59.4 Å². The van der Waals surface area contributed by atoms with Crippen molar-refractivity contribution in [3.8, 4) is 0 Å². The molecule has 20 heavy (non-hydrogen) atoms. The Balaban J connectivity index is -0.0000000536. The fourth-order valence-corrected chi connectivity index (χ4v) is 0. The molecule has 0 aromatic carbocycles. The van der Waals surface area contributed by atoms with Crippen molar-refractivity contribution in [2.75, 3.05) is 0 Å². The molecule has 12 nitrogen and oxygen atoms in total. The second-order valence-electron chi connectivity index (χ2n) is 1.72. The monoisotopic (exact) mass is 582 g/mol. The minimum absolute atomic E-state index is 0. The van der Waals surface area contributed by atoms with Crippen molar-refractivity contribution in [3.05, 3.63) is 0 Å². The zero-order valence-corrected chi connectivity index (χ0v) is 12.8. The largest absolute Gasteiger partial charge is 3.00 e. The van der Waals surface area contributed by atoms with E-state index < -0.39 is 35.8 Å². The molecule has 0 aromatic rings. The molecule has 0 atom stereocenters. The molecule has 0 fully saturated rings. The number of carbonyl (C=O) groups is 6. The van der Waals surface area contributed by atoms with E-state index in [-0.39, 0.29) is 77.2 Å². The van der Waals surface area contributed by atoms with Gasteiger partial charge in [0.05, 0.1) is 35.8 Å². The first-order valence-electron chi connectivity index (χ1n) is 3.20. The summed E-state index contributed by atoms with van der Waals surface area (Å²) in [6, 6.07) is 0. The summed E-state index contributed by atoms with van der Waals surface area (Å²) in [6.45, 7) is 0. The fraction of sp³-hybridized carbons (Fsp3) is 0. The maximum Gasteiger partial charge on any atom is 3.00 e. The summed E-state index contributed by atoms with van der Waals surface area (Å²) < 4.78 is 0.